The highest BCUT2D eigenvalue weighted by atomic mass is 16.3. The molecule has 1 aromatic heterocycles. The first-order chi connectivity index (χ1) is 15.6. The minimum Gasteiger partial charge on any atom is -0.505 e. The van der Waals surface area contributed by atoms with Gasteiger partial charge in [-0.3, -0.25) is 9.79 Å². The summed E-state index contributed by atoms with van der Waals surface area (Å²) in [7, 11) is 0. The fourth-order valence-electron chi connectivity index (χ4n) is 3.08. The number of phenolic OH excluding ortho intramolecular Hbond substituents is 1. The molecule has 0 saturated carbocycles. The van der Waals surface area contributed by atoms with Gasteiger partial charge in [-0.15, -0.1) is 9.90 Å². The van der Waals surface area contributed by atoms with Crippen molar-refractivity contribution in [1.82, 2.24) is 15.0 Å². The van der Waals surface area contributed by atoms with Gasteiger partial charge in [-0.2, -0.15) is 5.10 Å². The van der Waals surface area contributed by atoms with E-state index in [1.54, 1.807) is 30.5 Å². The number of nitrogens with one attached hydrogen (secondary N) is 1. The molecule has 32 heavy (non-hydrogen) atoms. The van der Waals surface area contributed by atoms with Crippen LogP contribution in [0.3, 0.4) is 0 Å². The van der Waals surface area contributed by atoms with Gasteiger partial charge < -0.3 is 15.5 Å². The van der Waals surface area contributed by atoms with Crippen LogP contribution >= 0.6 is 0 Å². The van der Waals surface area contributed by atoms with Crippen molar-refractivity contribution in [2.75, 3.05) is 11.9 Å². The molecular weight excluding hydrogens is 406 g/mol. The lowest BCUT2D eigenvalue weighted by atomic mass is 10.1. The van der Waals surface area contributed by atoms with E-state index in [1.165, 1.54) is 11.0 Å². The van der Waals surface area contributed by atoms with Gasteiger partial charge in [-0.25, -0.2) is 0 Å². The SMILES string of the molecule is O=C(Nc1ccccc1)c1cnn(-c2cc(CCO)cc(C=Nc3ccccc3)c2O)n1. The lowest BCUT2D eigenvalue weighted by Gasteiger charge is -2.10. The van der Waals surface area contributed by atoms with Crippen molar-refractivity contribution in [3.05, 3.63) is 95.8 Å². The lowest BCUT2D eigenvalue weighted by Crippen LogP contribution is -2.13. The normalized spacial score (nSPS) is 11.0. The van der Waals surface area contributed by atoms with E-state index in [0.29, 0.717) is 17.7 Å². The highest BCUT2D eigenvalue weighted by Gasteiger charge is 2.16. The maximum absolute atomic E-state index is 12.5. The summed E-state index contributed by atoms with van der Waals surface area (Å²) in [4.78, 5) is 18.1. The molecule has 0 atom stereocenters. The fourth-order valence-corrected chi connectivity index (χ4v) is 3.08. The zero-order valence-electron chi connectivity index (χ0n) is 17.1. The number of amides is 1. The van der Waals surface area contributed by atoms with Crippen LogP contribution in [0.15, 0.2) is 84.0 Å². The number of aliphatic hydroxyl groups excluding tert-OH is 1. The Kier molecular flexibility index (Phi) is 6.33. The fraction of sp³-hybridized carbons (Fsp3) is 0.0833. The number of aliphatic hydroxyl groups is 1. The summed E-state index contributed by atoms with van der Waals surface area (Å²) in [6.45, 7) is -0.0588. The molecule has 1 amide bonds. The Bertz CT molecular complexity index is 1240. The van der Waals surface area contributed by atoms with Gasteiger partial charge in [0.15, 0.2) is 11.4 Å². The van der Waals surface area contributed by atoms with E-state index in [0.717, 1.165) is 11.3 Å². The van der Waals surface area contributed by atoms with Gasteiger partial charge >= 0.3 is 0 Å². The van der Waals surface area contributed by atoms with E-state index in [2.05, 4.69) is 20.5 Å². The van der Waals surface area contributed by atoms with Crippen LogP contribution in [-0.2, 0) is 6.42 Å². The Morgan fingerprint density at radius 3 is 2.50 bits per heavy atom. The topological polar surface area (TPSA) is 113 Å². The molecule has 160 valence electrons. The third-order valence-electron chi connectivity index (χ3n) is 4.66. The van der Waals surface area contributed by atoms with E-state index in [1.807, 2.05) is 48.5 Å². The van der Waals surface area contributed by atoms with Crippen molar-refractivity contribution in [2.45, 2.75) is 6.42 Å². The molecule has 8 heteroatoms. The number of hydrogen-bond donors (Lipinski definition) is 3. The first-order valence-electron chi connectivity index (χ1n) is 9.99. The maximum atomic E-state index is 12.5. The summed E-state index contributed by atoms with van der Waals surface area (Å²) in [5, 5.41) is 31.3. The number of anilines is 1. The summed E-state index contributed by atoms with van der Waals surface area (Å²) in [6, 6.07) is 21.8. The highest BCUT2D eigenvalue weighted by molar-refractivity contribution is 6.02. The van der Waals surface area contributed by atoms with Crippen molar-refractivity contribution >= 4 is 23.5 Å². The van der Waals surface area contributed by atoms with Gasteiger partial charge in [0.1, 0.15) is 5.69 Å². The maximum Gasteiger partial charge on any atom is 0.277 e. The number of para-hydroxylation sites is 2. The van der Waals surface area contributed by atoms with Gasteiger partial charge in [0.2, 0.25) is 0 Å². The van der Waals surface area contributed by atoms with Crippen molar-refractivity contribution < 1.29 is 15.0 Å². The number of nitrogens with zero attached hydrogens (tertiary/aromatic N) is 4. The predicted molar refractivity (Wildman–Crippen MR) is 122 cm³/mol. The van der Waals surface area contributed by atoms with E-state index >= 15 is 0 Å². The van der Waals surface area contributed by atoms with Gasteiger partial charge in [-0.1, -0.05) is 36.4 Å². The molecule has 0 saturated heterocycles. The second-order valence-electron chi connectivity index (χ2n) is 6.96. The Morgan fingerprint density at radius 1 is 1.06 bits per heavy atom. The van der Waals surface area contributed by atoms with E-state index in [-0.39, 0.29) is 23.7 Å². The molecule has 0 fully saturated rings. The second kappa shape index (κ2) is 9.67. The van der Waals surface area contributed by atoms with Crippen molar-refractivity contribution in [3.63, 3.8) is 0 Å². The van der Waals surface area contributed by atoms with Crippen LogP contribution in [0.1, 0.15) is 21.6 Å². The summed E-state index contributed by atoms with van der Waals surface area (Å²) in [5.74, 6) is -0.503. The van der Waals surface area contributed by atoms with Crippen LogP contribution in [0.4, 0.5) is 11.4 Å². The number of carbonyl (C=O) groups is 1. The Labute approximate surface area is 184 Å². The standard InChI is InChI=1S/C24H21N5O3/c30-12-11-17-13-18(15-25-19-7-3-1-4-8-19)23(31)22(14-17)29-26-16-21(28-29)24(32)27-20-9-5-2-6-10-20/h1-10,13-16,30-31H,11-12H2,(H,27,32). The van der Waals surface area contributed by atoms with Gasteiger partial charge in [-0.05, 0) is 48.4 Å². The molecule has 0 unspecified atom stereocenters. The average Bonchev–Trinajstić information content (AvgIpc) is 3.31. The monoisotopic (exact) mass is 427 g/mol. The van der Waals surface area contributed by atoms with Gasteiger partial charge in [0.05, 0.1) is 11.9 Å². The summed E-state index contributed by atoms with van der Waals surface area (Å²) < 4.78 is 0. The molecule has 1 heterocycles. The minimum absolute atomic E-state index is 0.0588. The van der Waals surface area contributed by atoms with Crippen LogP contribution in [0.5, 0.6) is 5.75 Å². The highest BCUT2D eigenvalue weighted by Crippen LogP contribution is 2.27. The molecule has 0 aliphatic carbocycles. The molecule has 8 nitrogen and oxygen atoms in total. The number of hydrogen-bond acceptors (Lipinski definition) is 6. The zero-order valence-corrected chi connectivity index (χ0v) is 17.1. The predicted octanol–water partition coefficient (Wildman–Crippen LogP) is 3.51. The van der Waals surface area contributed by atoms with Crippen LogP contribution in [0, 0.1) is 0 Å². The molecule has 0 aliphatic rings. The van der Waals surface area contributed by atoms with Crippen molar-refractivity contribution in [1.29, 1.82) is 0 Å². The zero-order chi connectivity index (χ0) is 22.3. The van der Waals surface area contributed by atoms with E-state index in [4.69, 9.17) is 0 Å². The first kappa shape index (κ1) is 21.0. The van der Waals surface area contributed by atoms with Crippen LogP contribution in [0.25, 0.3) is 5.69 Å². The Balaban J connectivity index is 1.65. The third-order valence-corrected chi connectivity index (χ3v) is 4.66. The number of rotatable bonds is 7. The summed E-state index contributed by atoms with van der Waals surface area (Å²) in [5.41, 5.74) is 2.96. The van der Waals surface area contributed by atoms with Gasteiger partial charge in [0, 0.05) is 24.1 Å². The largest absolute Gasteiger partial charge is 0.505 e. The van der Waals surface area contributed by atoms with E-state index in [9.17, 15) is 15.0 Å². The second-order valence-corrected chi connectivity index (χ2v) is 6.96. The van der Waals surface area contributed by atoms with Crippen LogP contribution in [-0.4, -0.2) is 43.9 Å². The van der Waals surface area contributed by atoms with Crippen molar-refractivity contribution in [3.8, 4) is 11.4 Å². The smallest absolute Gasteiger partial charge is 0.277 e. The summed E-state index contributed by atoms with van der Waals surface area (Å²) in [6.07, 6.45) is 3.25. The molecular formula is C24H21N5O3. The molecule has 0 aliphatic heterocycles. The average molecular weight is 427 g/mol. The van der Waals surface area contributed by atoms with Crippen LogP contribution in [0.2, 0.25) is 0 Å². The van der Waals surface area contributed by atoms with Gasteiger partial charge in [0.25, 0.3) is 5.91 Å². The Morgan fingerprint density at radius 2 is 1.78 bits per heavy atom. The molecule has 3 N–H and O–H groups in total. The number of phenols is 1. The van der Waals surface area contributed by atoms with E-state index < -0.39 is 5.91 Å². The van der Waals surface area contributed by atoms with Crippen molar-refractivity contribution in [2.24, 2.45) is 4.99 Å². The lowest BCUT2D eigenvalue weighted by molar-refractivity contribution is 0.102. The number of aromatic nitrogens is 3. The number of aliphatic imine (C=N–C) groups is 1. The molecule has 4 rings (SSSR count). The molecule has 4 aromatic rings. The molecule has 3 aromatic carbocycles. The Hall–Kier alpha value is -4.30. The number of benzene rings is 3. The minimum atomic E-state index is -0.417. The number of aromatic hydroxyl groups is 1. The number of carbonyl (C=O) groups excluding carboxylic acids is 1. The third kappa shape index (κ3) is 4.88. The molecule has 0 bridgehead atoms. The molecule has 0 radical (unpaired) electrons. The van der Waals surface area contributed by atoms with Crippen LogP contribution < -0.4 is 5.32 Å². The first-order valence-corrected chi connectivity index (χ1v) is 9.99. The quantitative estimate of drug-likeness (QED) is 0.391. The molecule has 0 spiro atoms. The summed E-state index contributed by atoms with van der Waals surface area (Å²) >= 11 is 0.